The van der Waals surface area contributed by atoms with E-state index in [0.29, 0.717) is 12.6 Å². The largest absolute Gasteiger partial charge is 0.267 e. The molecule has 5 nitrogen and oxygen atoms in total. The van der Waals surface area contributed by atoms with Gasteiger partial charge in [-0.1, -0.05) is 20.8 Å². The summed E-state index contributed by atoms with van der Waals surface area (Å²) < 4.78 is 55.1. The van der Waals surface area contributed by atoms with E-state index in [9.17, 15) is 17.2 Å². The Morgan fingerprint density at radius 1 is 1.04 bits per heavy atom. The molecule has 3 rings (SSSR count). The van der Waals surface area contributed by atoms with E-state index in [1.165, 1.54) is 4.31 Å². The second-order valence-corrected chi connectivity index (χ2v) is 8.88. The minimum absolute atomic E-state index is 0.129. The Hall–Kier alpha value is -1.80. The van der Waals surface area contributed by atoms with E-state index < -0.39 is 21.7 Å². The molecule has 0 radical (unpaired) electrons. The zero-order valence-electron chi connectivity index (χ0n) is 13.8. The van der Waals surface area contributed by atoms with Crippen LogP contribution in [0.5, 0.6) is 0 Å². The monoisotopic (exact) mass is 355 g/mol. The van der Waals surface area contributed by atoms with Crippen LogP contribution in [-0.2, 0) is 28.5 Å². The van der Waals surface area contributed by atoms with Gasteiger partial charge in [-0.05, 0) is 18.2 Å². The summed E-state index contributed by atoms with van der Waals surface area (Å²) in [6.45, 7) is 6.84. The topological polar surface area (TPSA) is 55.2 Å². The van der Waals surface area contributed by atoms with Crippen molar-refractivity contribution in [3.63, 3.8) is 0 Å². The summed E-state index contributed by atoms with van der Waals surface area (Å²) in [6, 6.07) is 4.21. The van der Waals surface area contributed by atoms with E-state index in [1.54, 1.807) is 4.68 Å². The van der Waals surface area contributed by atoms with Crippen molar-refractivity contribution in [3.05, 3.63) is 47.3 Å². The lowest BCUT2D eigenvalue weighted by atomic mass is 9.92. The van der Waals surface area contributed by atoms with Crippen LogP contribution in [0.15, 0.2) is 29.2 Å². The number of sulfonamides is 1. The molecule has 2 aromatic rings. The van der Waals surface area contributed by atoms with Crippen LogP contribution in [0.3, 0.4) is 0 Å². The number of nitrogens with zero attached hydrogens (tertiary/aromatic N) is 3. The fourth-order valence-electron chi connectivity index (χ4n) is 2.64. The third-order valence-electron chi connectivity index (χ3n) is 4.01. The second kappa shape index (κ2) is 5.63. The van der Waals surface area contributed by atoms with Crippen molar-refractivity contribution < 1.29 is 17.2 Å². The first-order chi connectivity index (χ1) is 11.1. The minimum atomic E-state index is -3.96. The van der Waals surface area contributed by atoms with Gasteiger partial charge in [-0.2, -0.15) is 9.40 Å². The molecule has 2 heterocycles. The first kappa shape index (κ1) is 17.0. The van der Waals surface area contributed by atoms with Crippen molar-refractivity contribution in [3.8, 4) is 0 Å². The highest BCUT2D eigenvalue weighted by Gasteiger charge is 2.31. The first-order valence-corrected chi connectivity index (χ1v) is 9.05. The summed E-state index contributed by atoms with van der Waals surface area (Å²) >= 11 is 0. The number of benzene rings is 1. The normalized spacial score (nSPS) is 16.2. The quantitative estimate of drug-likeness (QED) is 0.832. The summed E-state index contributed by atoms with van der Waals surface area (Å²) in [7, 11) is -3.96. The Kier molecular flexibility index (Phi) is 4.00. The zero-order chi connectivity index (χ0) is 17.7. The van der Waals surface area contributed by atoms with Gasteiger partial charge < -0.3 is 0 Å². The second-order valence-electron chi connectivity index (χ2n) is 6.94. The molecule has 130 valence electrons. The highest BCUT2D eigenvalue weighted by Crippen LogP contribution is 2.27. The maximum absolute atomic E-state index is 13.4. The molecule has 1 aliphatic rings. The lowest BCUT2D eigenvalue weighted by molar-refractivity contribution is 0.325. The molecule has 0 amide bonds. The van der Waals surface area contributed by atoms with Crippen LogP contribution in [0.25, 0.3) is 0 Å². The van der Waals surface area contributed by atoms with E-state index in [2.05, 4.69) is 5.10 Å². The van der Waals surface area contributed by atoms with Gasteiger partial charge in [0.2, 0.25) is 10.0 Å². The molecule has 0 unspecified atom stereocenters. The van der Waals surface area contributed by atoms with E-state index in [0.717, 1.165) is 23.5 Å². The van der Waals surface area contributed by atoms with Crippen LogP contribution in [0.2, 0.25) is 0 Å². The first-order valence-electron chi connectivity index (χ1n) is 7.61. The van der Waals surface area contributed by atoms with Crippen molar-refractivity contribution in [2.24, 2.45) is 0 Å². The molecule has 0 fully saturated rings. The fourth-order valence-corrected chi connectivity index (χ4v) is 4.09. The molecule has 0 bridgehead atoms. The Labute approximate surface area is 139 Å². The SMILES string of the molecule is CC(C)(C)c1cc2n(n1)CCN(S(=O)(=O)c1cc(F)cc(F)c1)C2. The summed E-state index contributed by atoms with van der Waals surface area (Å²) in [5.41, 5.74) is 1.51. The third-order valence-corrected chi connectivity index (χ3v) is 5.83. The number of hydrogen-bond donors (Lipinski definition) is 0. The molecule has 0 saturated heterocycles. The molecule has 24 heavy (non-hydrogen) atoms. The molecule has 0 N–H and O–H groups in total. The fraction of sp³-hybridized carbons (Fsp3) is 0.438. The van der Waals surface area contributed by atoms with Gasteiger partial charge >= 0.3 is 0 Å². The predicted octanol–water partition coefficient (Wildman–Crippen LogP) is 2.66. The molecular formula is C16H19F2N3O2S. The molecule has 0 atom stereocenters. The van der Waals surface area contributed by atoms with Crippen LogP contribution in [0.1, 0.15) is 32.2 Å². The Balaban J connectivity index is 1.93. The Morgan fingerprint density at radius 3 is 2.25 bits per heavy atom. The highest BCUT2D eigenvalue weighted by molar-refractivity contribution is 7.89. The van der Waals surface area contributed by atoms with Crippen molar-refractivity contribution in [1.29, 1.82) is 0 Å². The zero-order valence-corrected chi connectivity index (χ0v) is 14.6. The lowest BCUT2D eigenvalue weighted by Gasteiger charge is -2.27. The maximum Gasteiger partial charge on any atom is 0.243 e. The van der Waals surface area contributed by atoms with Gasteiger partial charge in [-0.15, -0.1) is 0 Å². The van der Waals surface area contributed by atoms with Crippen molar-refractivity contribution in [1.82, 2.24) is 14.1 Å². The number of fused-ring (bicyclic) bond motifs is 1. The van der Waals surface area contributed by atoms with Crippen LogP contribution < -0.4 is 0 Å². The Morgan fingerprint density at radius 2 is 1.67 bits per heavy atom. The average molecular weight is 355 g/mol. The van der Waals surface area contributed by atoms with Gasteiger partial charge in [0.25, 0.3) is 0 Å². The molecule has 8 heteroatoms. The van der Waals surface area contributed by atoms with Gasteiger partial charge in [0, 0.05) is 18.0 Å². The van der Waals surface area contributed by atoms with E-state index >= 15 is 0 Å². The molecule has 0 spiro atoms. The number of rotatable bonds is 2. The van der Waals surface area contributed by atoms with Crippen LogP contribution >= 0.6 is 0 Å². The Bertz CT molecular complexity index is 865. The van der Waals surface area contributed by atoms with Gasteiger partial charge in [0.05, 0.1) is 29.4 Å². The predicted molar refractivity (Wildman–Crippen MR) is 84.9 cm³/mol. The minimum Gasteiger partial charge on any atom is -0.267 e. The molecule has 0 aliphatic carbocycles. The maximum atomic E-state index is 13.4. The molecule has 1 aromatic carbocycles. The molecule has 0 saturated carbocycles. The van der Waals surface area contributed by atoms with Crippen molar-refractivity contribution in [2.45, 2.75) is 44.2 Å². The van der Waals surface area contributed by atoms with Crippen molar-refractivity contribution in [2.75, 3.05) is 6.54 Å². The van der Waals surface area contributed by atoms with Crippen LogP contribution in [-0.4, -0.2) is 29.0 Å². The standard InChI is InChI=1S/C16H19F2N3O2S/c1-16(2,3)15-9-13-10-20(4-5-21(13)19-15)24(22,23)14-7-11(17)6-12(18)8-14/h6-9H,4-5,10H2,1-3H3. The van der Waals surface area contributed by atoms with E-state index in [-0.39, 0.29) is 23.4 Å². The summed E-state index contributed by atoms with van der Waals surface area (Å²) in [5, 5.41) is 4.51. The van der Waals surface area contributed by atoms with E-state index in [1.807, 2.05) is 26.8 Å². The lowest BCUT2D eigenvalue weighted by Crippen LogP contribution is -2.38. The molecular weight excluding hydrogens is 336 g/mol. The number of hydrogen-bond acceptors (Lipinski definition) is 3. The third kappa shape index (κ3) is 3.08. The van der Waals surface area contributed by atoms with Gasteiger partial charge in [-0.25, -0.2) is 17.2 Å². The average Bonchev–Trinajstić information content (AvgIpc) is 2.89. The van der Waals surface area contributed by atoms with Crippen molar-refractivity contribution >= 4 is 10.0 Å². The molecule has 1 aromatic heterocycles. The van der Waals surface area contributed by atoms with E-state index in [4.69, 9.17) is 0 Å². The van der Waals surface area contributed by atoms with Crippen LogP contribution in [0.4, 0.5) is 8.78 Å². The summed E-state index contributed by atoms with van der Waals surface area (Å²) in [4.78, 5) is -0.371. The van der Waals surface area contributed by atoms with Gasteiger partial charge in [0.1, 0.15) is 11.6 Å². The van der Waals surface area contributed by atoms with Gasteiger partial charge in [-0.3, -0.25) is 4.68 Å². The molecule has 1 aliphatic heterocycles. The number of halogens is 2. The summed E-state index contributed by atoms with van der Waals surface area (Å²) in [5.74, 6) is -1.82. The highest BCUT2D eigenvalue weighted by atomic mass is 32.2. The summed E-state index contributed by atoms with van der Waals surface area (Å²) in [6.07, 6.45) is 0. The number of aromatic nitrogens is 2. The van der Waals surface area contributed by atoms with Crippen LogP contribution in [0, 0.1) is 11.6 Å². The van der Waals surface area contributed by atoms with Gasteiger partial charge in [0.15, 0.2) is 0 Å². The smallest absolute Gasteiger partial charge is 0.243 e.